The van der Waals surface area contributed by atoms with Crippen LogP contribution in [0.1, 0.15) is 17.2 Å². The van der Waals surface area contributed by atoms with Crippen LogP contribution in [0, 0.1) is 5.82 Å². The minimum Gasteiger partial charge on any atom is -0.271 e. The molecule has 0 saturated carbocycles. The third-order valence-corrected chi connectivity index (χ3v) is 4.99. The number of thioether (sulfide) groups is 1. The van der Waals surface area contributed by atoms with Gasteiger partial charge in [0.05, 0.1) is 11.1 Å². The largest absolute Gasteiger partial charge is 0.271 e. The van der Waals surface area contributed by atoms with Crippen molar-refractivity contribution < 1.29 is 4.39 Å². The smallest absolute Gasteiger partial charge is 0.148 e. The fourth-order valence-corrected chi connectivity index (χ4v) is 2.81. The predicted molar refractivity (Wildman–Crippen MR) is 86.5 cm³/mol. The molecular formula is C14H13BrClFN2S. The van der Waals surface area contributed by atoms with Crippen molar-refractivity contribution in [1.29, 1.82) is 0 Å². The van der Waals surface area contributed by atoms with Crippen molar-refractivity contribution in [1.82, 2.24) is 5.43 Å². The van der Waals surface area contributed by atoms with Crippen molar-refractivity contribution in [3.63, 3.8) is 0 Å². The third kappa shape index (κ3) is 3.18. The second-order valence-corrected chi connectivity index (χ2v) is 6.25. The summed E-state index contributed by atoms with van der Waals surface area (Å²) in [5, 5.41) is 0.0588. The molecule has 2 nitrogen and oxygen atoms in total. The molecule has 1 atom stereocenters. The monoisotopic (exact) mass is 374 g/mol. The first-order valence-electron chi connectivity index (χ1n) is 5.82. The van der Waals surface area contributed by atoms with Gasteiger partial charge in [0.2, 0.25) is 0 Å². The van der Waals surface area contributed by atoms with Gasteiger partial charge >= 0.3 is 0 Å². The Bertz CT molecular complexity index is 607. The van der Waals surface area contributed by atoms with Gasteiger partial charge in [-0.25, -0.2) is 9.82 Å². The molecule has 0 aliphatic carbocycles. The molecule has 2 aromatic rings. The average Bonchev–Trinajstić information content (AvgIpc) is 2.48. The summed E-state index contributed by atoms with van der Waals surface area (Å²) in [4.78, 5) is 1.14. The number of hydrogen-bond donors (Lipinski definition) is 2. The van der Waals surface area contributed by atoms with Crippen LogP contribution in [-0.2, 0) is 0 Å². The minimum atomic E-state index is -0.474. The quantitative estimate of drug-likeness (QED) is 0.357. The van der Waals surface area contributed by atoms with E-state index in [1.807, 2.05) is 30.5 Å². The van der Waals surface area contributed by atoms with E-state index in [4.69, 9.17) is 17.4 Å². The topological polar surface area (TPSA) is 38.0 Å². The molecule has 0 aliphatic rings. The van der Waals surface area contributed by atoms with E-state index in [0.717, 1.165) is 10.5 Å². The van der Waals surface area contributed by atoms with Crippen molar-refractivity contribution in [2.75, 3.05) is 6.26 Å². The van der Waals surface area contributed by atoms with Crippen LogP contribution in [0.25, 0.3) is 0 Å². The summed E-state index contributed by atoms with van der Waals surface area (Å²) < 4.78 is 14.8. The lowest BCUT2D eigenvalue weighted by molar-refractivity contribution is 0.559. The molecule has 0 saturated heterocycles. The van der Waals surface area contributed by atoms with Crippen LogP contribution in [-0.4, -0.2) is 6.26 Å². The Kier molecular flexibility index (Phi) is 5.46. The van der Waals surface area contributed by atoms with Gasteiger partial charge in [0, 0.05) is 14.9 Å². The molecule has 3 N–H and O–H groups in total. The van der Waals surface area contributed by atoms with E-state index >= 15 is 0 Å². The number of nitrogens with two attached hydrogens (primary N) is 1. The zero-order chi connectivity index (χ0) is 14.7. The number of nitrogens with one attached hydrogen (secondary N) is 1. The van der Waals surface area contributed by atoms with Gasteiger partial charge in [-0.1, -0.05) is 29.8 Å². The number of hydrazine groups is 1. The molecule has 106 valence electrons. The van der Waals surface area contributed by atoms with E-state index in [1.165, 1.54) is 0 Å². The van der Waals surface area contributed by atoms with Crippen LogP contribution in [0.3, 0.4) is 0 Å². The molecule has 0 spiro atoms. The molecule has 0 aliphatic heterocycles. The van der Waals surface area contributed by atoms with Crippen LogP contribution in [0.5, 0.6) is 0 Å². The first-order chi connectivity index (χ1) is 9.58. The highest BCUT2D eigenvalue weighted by Gasteiger charge is 2.19. The van der Waals surface area contributed by atoms with Crippen molar-refractivity contribution >= 4 is 39.3 Å². The summed E-state index contributed by atoms with van der Waals surface area (Å²) in [6.45, 7) is 0. The zero-order valence-electron chi connectivity index (χ0n) is 10.7. The van der Waals surface area contributed by atoms with E-state index in [2.05, 4.69) is 21.4 Å². The molecule has 0 radical (unpaired) electrons. The Morgan fingerprint density at radius 1 is 1.25 bits per heavy atom. The van der Waals surface area contributed by atoms with Gasteiger partial charge in [-0.15, -0.1) is 11.8 Å². The zero-order valence-corrected chi connectivity index (χ0v) is 13.8. The number of hydrogen-bond acceptors (Lipinski definition) is 3. The van der Waals surface area contributed by atoms with E-state index in [-0.39, 0.29) is 5.02 Å². The first kappa shape index (κ1) is 15.8. The van der Waals surface area contributed by atoms with Gasteiger partial charge in [0.1, 0.15) is 5.82 Å². The highest BCUT2D eigenvalue weighted by molar-refractivity contribution is 9.10. The second kappa shape index (κ2) is 6.91. The molecule has 0 bridgehead atoms. The normalized spacial score (nSPS) is 12.4. The lowest BCUT2D eigenvalue weighted by Crippen LogP contribution is -2.29. The van der Waals surface area contributed by atoms with Crippen molar-refractivity contribution in [2.45, 2.75) is 10.9 Å². The van der Waals surface area contributed by atoms with Crippen LogP contribution < -0.4 is 11.3 Å². The molecule has 0 fully saturated rings. The van der Waals surface area contributed by atoms with Gasteiger partial charge < -0.3 is 0 Å². The second-order valence-electron chi connectivity index (χ2n) is 4.14. The standard InChI is InChI=1S/C14H13BrClFN2S/c1-20-9-4-2-8(3-5-9)14(19-18)10-6-7-11(15)12(16)13(10)17/h2-7,14,19H,18H2,1H3. The summed E-state index contributed by atoms with van der Waals surface area (Å²) in [6.07, 6.45) is 2.00. The Morgan fingerprint density at radius 3 is 2.45 bits per heavy atom. The van der Waals surface area contributed by atoms with Gasteiger partial charge in [0.25, 0.3) is 0 Å². The third-order valence-electron chi connectivity index (χ3n) is 2.99. The molecule has 2 rings (SSSR count). The van der Waals surface area contributed by atoms with E-state index in [1.54, 1.807) is 23.9 Å². The first-order valence-corrected chi connectivity index (χ1v) is 8.21. The lowest BCUT2D eigenvalue weighted by atomic mass is 9.99. The molecule has 1 unspecified atom stereocenters. The van der Waals surface area contributed by atoms with Crippen LogP contribution in [0.2, 0.25) is 5.02 Å². The summed E-state index contributed by atoms with van der Waals surface area (Å²) in [6, 6.07) is 10.7. The average molecular weight is 376 g/mol. The highest BCUT2D eigenvalue weighted by Crippen LogP contribution is 2.33. The molecule has 0 amide bonds. The van der Waals surface area contributed by atoms with Gasteiger partial charge in [-0.3, -0.25) is 5.84 Å². The van der Waals surface area contributed by atoms with Gasteiger partial charge in [-0.05, 0) is 45.9 Å². The molecule has 0 aromatic heterocycles. The summed E-state index contributed by atoms with van der Waals surface area (Å²) in [5.41, 5.74) is 3.93. The fraction of sp³-hybridized carbons (Fsp3) is 0.143. The summed E-state index contributed by atoms with van der Waals surface area (Å²) in [5.74, 6) is 5.11. The van der Waals surface area contributed by atoms with Crippen LogP contribution >= 0.6 is 39.3 Å². The molecule has 2 aromatic carbocycles. The Labute approximate surface area is 135 Å². The number of rotatable bonds is 4. The van der Waals surface area contributed by atoms with Crippen LogP contribution in [0.4, 0.5) is 4.39 Å². The highest BCUT2D eigenvalue weighted by atomic mass is 79.9. The Hall–Kier alpha value is -0.590. The van der Waals surface area contributed by atoms with Crippen molar-refractivity contribution in [3.05, 3.63) is 62.8 Å². The fourth-order valence-electron chi connectivity index (χ4n) is 1.93. The number of halogens is 3. The molecule has 0 heterocycles. The summed E-state index contributed by atoms with van der Waals surface area (Å²) >= 11 is 10.8. The molecule has 20 heavy (non-hydrogen) atoms. The number of benzene rings is 2. The van der Waals surface area contributed by atoms with Gasteiger partial charge in [0.15, 0.2) is 0 Å². The van der Waals surface area contributed by atoms with E-state index in [9.17, 15) is 4.39 Å². The van der Waals surface area contributed by atoms with E-state index < -0.39 is 11.9 Å². The summed E-state index contributed by atoms with van der Waals surface area (Å²) in [7, 11) is 0. The maximum absolute atomic E-state index is 14.3. The lowest BCUT2D eigenvalue weighted by Gasteiger charge is -2.18. The SMILES string of the molecule is CSc1ccc(C(NN)c2ccc(Br)c(Cl)c2F)cc1. The van der Waals surface area contributed by atoms with Crippen LogP contribution in [0.15, 0.2) is 45.8 Å². The molecular weight excluding hydrogens is 363 g/mol. The van der Waals surface area contributed by atoms with Crippen molar-refractivity contribution in [2.24, 2.45) is 5.84 Å². The maximum atomic E-state index is 14.3. The maximum Gasteiger partial charge on any atom is 0.148 e. The Balaban J connectivity index is 2.44. The van der Waals surface area contributed by atoms with E-state index in [0.29, 0.717) is 10.0 Å². The minimum absolute atomic E-state index is 0.0588. The molecule has 6 heteroatoms. The Morgan fingerprint density at radius 2 is 1.90 bits per heavy atom. The van der Waals surface area contributed by atoms with Gasteiger partial charge in [-0.2, -0.15) is 0 Å². The predicted octanol–water partition coefficient (Wildman–Crippen LogP) is 4.52. The van der Waals surface area contributed by atoms with Crippen molar-refractivity contribution in [3.8, 4) is 0 Å².